The molecule has 0 saturated carbocycles. The fraction of sp³-hybridized carbons (Fsp3) is 0. The molecule has 0 heterocycles. The van der Waals surface area contributed by atoms with Gasteiger partial charge in [-0.2, -0.15) is 0 Å². The quantitative estimate of drug-likeness (QED) is 0.317. The van der Waals surface area contributed by atoms with Crippen LogP contribution in [0.4, 0.5) is 0 Å². The van der Waals surface area contributed by atoms with Gasteiger partial charge >= 0.3 is 0 Å². The zero-order valence-electron chi connectivity index (χ0n) is 1.91. The Morgan fingerprint density at radius 2 is 1.75 bits per heavy atom. The summed E-state index contributed by atoms with van der Waals surface area (Å²) in [4.78, 5) is 0. The van der Waals surface area contributed by atoms with Crippen LogP contribution in [0.25, 0.3) is 0 Å². The SMILES string of the molecule is N=C=S.O. The number of hydrogen-bond acceptors (Lipinski definition) is 2. The zero-order valence-corrected chi connectivity index (χ0v) is 2.72. The fourth-order valence-corrected chi connectivity index (χ4v) is 0. The summed E-state index contributed by atoms with van der Waals surface area (Å²) in [6.45, 7) is 0. The van der Waals surface area contributed by atoms with Gasteiger partial charge in [0, 0.05) is 0 Å². The van der Waals surface area contributed by atoms with Gasteiger partial charge in [0.05, 0.1) is 5.16 Å². The van der Waals surface area contributed by atoms with Crippen molar-refractivity contribution in [3.63, 3.8) is 0 Å². The molecule has 0 unspecified atom stereocenters. The van der Waals surface area contributed by atoms with E-state index < -0.39 is 0 Å². The van der Waals surface area contributed by atoms with Crippen LogP contribution in [0.2, 0.25) is 0 Å². The molecule has 3 heteroatoms. The molecule has 0 fully saturated rings. The molecule has 0 spiro atoms. The van der Waals surface area contributed by atoms with E-state index in [2.05, 4.69) is 12.2 Å². The van der Waals surface area contributed by atoms with Crippen LogP contribution < -0.4 is 0 Å². The van der Waals surface area contributed by atoms with Crippen molar-refractivity contribution in [1.82, 2.24) is 0 Å². The van der Waals surface area contributed by atoms with Gasteiger partial charge < -0.3 is 5.48 Å². The molecule has 0 atom stereocenters. The van der Waals surface area contributed by atoms with Gasteiger partial charge in [0.2, 0.25) is 0 Å². The second-order valence-electron chi connectivity index (χ2n) is 0.102. The highest BCUT2D eigenvalue weighted by Crippen LogP contribution is 1.16. The van der Waals surface area contributed by atoms with E-state index >= 15 is 0 Å². The van der Waals surface area contributed by atoms with Crippen LogP contribution >= 0.6 is 12.2 Å². The molecular formula is CH3NOS. The lowest BCUT2D eigenvalue weighted by molar-refractivity contribution is 0.824. The summed E-state index contributed by atoms with van der Waals surface area (Å²) in [5, 5.41) is 7.36. The highest BCUT2D eigenvalue weighted by molar-refractivity contribution is 7.78. The van der Waals surface area contributed by atoms with Crippen LogP contribution in [0, 0.1) is 5.41 Å². The smallest absolute Gasteiger partial charge is 0.0554 e. The lowest BCUT2D eigenvalue weighted by Crippen LogP contribution is -1.03. The first kappa shape index (κ1) is 9.25. The normalized spacial score (nSPS) is 2.00. The van der Waals surface area contributed by atoms with Gasteiger partial charge in [-0.1, -0.05) is 0 Å². The van der Waals surface area contributed by atoms with Gasteiger partial charge in [-0.3, -0.25) is 0 Å². The van der Waals surface area contributed by atoms with E-state index in [1.807, 2.05) is 0 Å². The Bertz CT molecular complexity index is 29.0. The summed E-state index contributed by atoms with van der Waals surface area (Å²) in [5.74, 6) is 0. The minimum Gasteiger partial charge on any atom is -0.412 e. The molecule has 4 heavy (non-hydrogen) atoms. The molecule has 0 aromatic rings. The predicted octanol–water partition coefficient (Wildman–Crippen LogP) is -0.157. The molecule has 0 rings (SSSR count). The maximum absolute atomic E-state index is 5.77. The average molecular weight is 77.1 g/mol. The standard InChI is InChI=1S/CHNS.H2O/c2-1-3;/h2H;1H2. The van der Waals surface area contributed by atoms with Gasteiger partial charge in [0.25, 0.3) is 0 Å². The number of isothiocyanates is 1. The molecule has 24 valence electrons. The molecule has 0 saturated heterocycles. The minimum absolute atomic E-state index is 0. The number of nitrogens with one attached hydrogen (secondary N) is 1. The molecule has 2 nitrogen and oxygen atoms in total. The van der Waals surface area contributed by atoms with Crippen LogP contribution in [0.3, 0.4) is 0 Å². The summed E-state index contributed by atoms with van der Waals surface area (Å²) in [7, 11) is 0. The van der Waals surface area contributed by atoms with Gasteiger partial charge in [0.1, 0.15) is 0 Å². The van der Waals surface area contributed by atoms with Gasteiger partial charge in [-0.05, 0) is 12.2 Å². The first-order valence-corrected chi connectivity index (χ1v) is 0.862. The maximum atomic E-state index is 5.77. The third kappa shape index (κ3) is 17.6. The summed E-state index contributed by atoms with van der Waals surface area (Å²) in [6.07, 6.45) is 0. The maximum Gasteiger partial charge on any atom is 0.0554 e. The first-order chi connectivity index (χ1) is 1.41. The lowest BCUT2D eigenvalue weighted by atomic mass is 11.8. The van der Waals surface area contributed by atoms with E-state index in [9.17, 15) is 0 Å². The Kier molecular flexibility index (Phi) is 34.2. The van der Waals surface area contributed by atoms with Crippen LogP contribution in [-0.4, -0.2) is 10.6 Å². The molecular weight excluding hydrogens is 74.1 g/mol. The van der Waals surface area contributed by atoms with Crippen molar-refractivity contribution in [2.75, 3.05) is 0 Å². The predicted molar refractivity (Wildman–Crippen MR) is 18.9 cm³/mol. The van der Waals surface area contributed by atoms with Crippen molar-refractivity contribution in [3.8, 4) is 0 Å². The highest BCUT2D eigenvalue weighted by atomic mass is 32.1. The van der Waals surface area contributed by atoms with Crippen LogP contribution in [-0.2, 0) is 0 Å². The van der Waals surface area contributed by atoms with Crippen molar-refractivity contribution in [3.05, 3.63) is 0 Å². The largest absolute Gasteiger partial charge is 0.412 e. The third-order valence-corrected chi connectivity index (χ3v) is 0. The van der Waals surface area contributed by atoms with Crippen LogP contribution in [0.1, 0.15) is 0 Å². The number of hydrogen-bond donors (Lipinski definition) is 1. The van der Waals surface area contributed by atoms with Gasteiger partial charge in [0.15, 0.2) is 0 Å². The summed E-state index contributed by atoms with van der Waals surface area (Å²) in [5.41, 5.74) is 0. The molecule has 0 aromatic heterocycles. The highest BCUT2D eigenvalue weighted by Gasteiger charge is 0.975. The molecule has 0 aliphatic heterocycles. The second kappa shape index (κ2) is 14.8. The third-order valence-electron chi connectivity index (χ3n) is 0. The Morgan fingerprint density at radius 3 is 1.75 bits per heavy atom. The van der Waals surface area contributed by atoms with Crippen molar-refractivity contribution < 1.29 is 5.48 Å². The van der Waals surface area contributed by atoms with E-state index in [4.69, 9.17) is 5.41 Å². The zero-order chi connectivity index (χ0) is 2.71. The minimum atomic E-state index is 0. The summed E-state index contributed by atoms with van der Waals surface area (Å²) in [6, 6.07) is 0. The molecule has 3 N–H and O–H groups in total. The lowest BCUT2D eigenvalue weighted by Gasteiger charge is -1.05. The van der Waals surface area contributed by atoms with E-state index in [0.29, 0.717) is 0 Å². The van der Waals surface area contributed by atoms with E-state index in [-0.39, 0.29) is 5.48 Å². The Labute approximate surface area is 29.3 Å². The Morgan fingerprint density at radius 1 is 1.75 bits per heavy atom. The number of thiocarbonyl (C=S) groups is 1. The van der Waals surface area contributed by atoms with Crippen LogP contribution in [0.5, 0.6) is 0 Å². The Balaban J connectivity index is 0. The molecule has 0 radical (unpaired) electrons. The van der Waals surface area contributed by atoms with E-state index in [1.54, 1.807) is 5.16 Å². The summed E-state index contributed by atoms with van der Waals surface area (Å²) >= 11 is 3.81. The van der Waals surface area contributed by atoms with E-state index in [0.717, 1.165) is 0 Å². The van der Waals surface area contributed by atoms with Crippen molar-refractivity contribution >= 4 is 17.4 Å². The average Bonchev–Trinajstić information content (AvgIpc) is 0.918. The molecule has 0 aliphatic rings. The van der Waals surface area contributed by atoms with Gasteiger partial charge in [-0.15, -0.1) is 0 Å². The Hall–Kier alpha value is -0.240. The van der Waals surface area contributed by atoms with Crippen molar-refractivity contribution in [1.29, 1.82) is 5.41 Å². The molecule has 0 aliphatic carbocycles. The van der Waals surface area contributed by atoms with E-state index in [1.165, 1.54) is 0 Å². The van der Waals surface area contributed by atoms with Crippen molar-refractivity contribution in [2.45, 2.75) is 0 Å². The second-order valence-corrected chi connectivity index (χ2v) is 0.306. The first-order valence-electron chi connectivity index (χ1n) is 0.454. The molecule has 0 aromatic carbocycles. The molecule has 0 bridgehead atoms. The monoisotopic (exact) mass is 77.0 g/mol. The van der Waals surface area contributed by atoms with Crippen LogP contribution in [0.15, 0.2) is 0 Å². The fourth-order valence-electron chi connectivity index (χ4n) is 0. The topological polar surface area (TPSA) is 55.4 Å². The van der Waals surface area contributed by atoms with Gasteiger partial charge in [-0.25, -0.2) is 5.41 Å². The number of rotatable bonds is 0. The molecule has 0 amide bonds. The van der Waals surface area contributed by atoms with Crippen molar-refractivity contribution in [2.24, 2.45) is 0 Å². The summed E-state index contributed by atoms with van der Waals surface area (Å²) < 4.78 is 0.